The predicted octanol–water partition coefficient (Wildman–Crippen LogP) is 5.95. The standard InChI is InChI=1S/C28H25FN4O4/c29-24-12-6-4-10-20(24)18-37-26-15-14-22(33(35)36)16-21(26)17-30-32-27(19-8-2-1-3-9-19)31-25-13-7-5-11-23(25)28(32)34/h4-7,10-17,19H,1-3,8-9,18H2. The zero-order valence-electron chi connectivity index (χ0n) is 20.0. The first-order chi connectivity index (χ1) is 18.0. The minimum Gasteiger partial charge on any atom is -0.488 e. The Bertz CT molecular complexity index is 1540. The van der Waals surface area contributed by atoms with E-state index < -0.39 is 10.7 Å². The summed E-state index contributed by atoms with van der Waals surface area (Å²) in [6.07, 6.45) is 6.44. The minimum absolute atomic E-state index is 0.0733. The number of hydrogen-bond donors (Lipinski definition) is 0. The molecule has 5 rings (SSSR count). The van der Waals surface area contributed by atoms with Crippen LogP contribution in [0.1, 0.15) is 55.0 Å². The van der Waals surface area contributed by atoms with Crippen molar-refractivity contribution in [2.75, 3.05) is 0 Å². The molecule has 1 aliphatic rings. The minimum atomic E-state index is -0.519. The average molecular weight is 501 g/mol. The molecule has 3 aromatic carbocycles. The molecule has 0 atom stereocenters. The van der Waals surface area contributed by atoms with Gasteiger partial charge < -0.3 is 4.74 Å². The Kier molecular flexibility index (Phi) is 7.02. The van der Waals surface area contributed by atoms with Crippen LogP contribution in [0.3, 0.4) is 0 Å². The monoisotopic (exact) mass is 500 g/mol. The second kappa shape index (κ2) is 10.7. The Morgan fingerprint density at radius 3 is 2.62 bits per heavy atom. The molecule has 0 aliphatic heterocycles. The Hall–Kier alpha value is -4.40. The summed E-state index contributed by atoms with van der Waals surface area (Å²) in [5, 5.41) is 16.3. The maximum Gasteiger partial charge on any atom is 0.282 e. The zero-order chi connectivity index (χ0) is 25.8. The van der Waals surface area contributed by atoms with E-state index in [1.54, 1.807) is 30.3 Å². The topological polar surface area (TPSA) is 99.6 Å². The number of benzene rings is 3. The van der Waals surface area contributed by atoms with E-state index in [0.717, 1.165) is 32.1 Å². The third-order valence-corrected chi connectivity index (χ3v) is 6.61. The van der Waals surface area contributed by atoms with Gasteiger partial charge in [0.25, 0.3) is 11.2 Å². The van der Waals surface area contributed by atoms with Gasteiger partial charge in [-0.2, -0.15) is 9.78 Å². The molecule has 1 fully saturated rings. The Morgan fingerprint density at radius 2 is 1.84 bits per heavy atom. The first kappa shape index (κ1) is 24.3. The van der Waals surface area contributed by atoms with Gasteiger partial charge in [0.2, 0.25) is 0 Å². The number of non-ortho nitro benzene ring substituents is 1. The van der Waals surface area contributed by atoms with Crippen molar-refractivity contribution in [1.29, 1.82) is 0 Å². The van der Waals surface area contributed by atoms with Gasteiger partial charge in [0, 0.05) is 29.2 Å². The molecule has 0 spiro atoms. The summed E-state index contributed by atoms with van der Waals surface area (Å²) >= 11 is 0. The number of nitro groups is 1. The van der Waals surface area contributed by atoms with Crippen LogP contribution in [0, 0.1) is 15.9 Å². The molecular weight excluding hydrogens is 475 g/mol. The van der Waals surface area contributed by atoms with E-state index in [1.165, 1.54) is 35.2 Å². The van der Waals surface area contributed by atoms with Gasteiger partial charge in [0.05, 0.1) is 22.0 Å². The lowest BCUT2D eigenvalue weighted by Gasteiger charge is -2.22. The largest absolute Gasteiger partial charge is 0.488 e. The summed E-state index contributed by atoms with van der Waals surface area (Å²) < 4.78 is 21.2. The maximum absolute atomic E-state index is 14.1. The molecule has 0 N–H and O–H groups in total. The van der Waals surface area contributed by atoms with Crippen LogP contribution < -0.4 is 10.3 Å². The molecular formula is C28H25FN4O4. The molecule has 0 saturated heterocycles. The number of rotatable bonds is 7. The van der Waals surface area contributed by atoms with Crippen molar-refractivity contribution in [3.8, 4) is 5.75 Å². The van der Waals surface area contributed by atoms with E-state index in [4.69, 9.17) is 9.72 Å². The van der Waals surface area contributed by atoms with Crippen molar-refractivity contribution in [3.05, 3.63) is 110 Å². The van der Waals surface area contributed by atoms with Crippen molar-refractivity contribution >= 4 is 22.8 Å². The molecule has 9 heteroatoms. The van der Waals surface area contributed by atoms with Gasteiger partial charge in [0.1, 0.15) is 24.0 Å². The highest BCUT2D eigenvalue weighted by molar-refractivity contribution is 5.85. The molecule has 1 saturated carbocycles. The third-order valence-electron chi connectivity index (χ3n) is 6.61. The summed E-state index contributed by atoms with van der Waals surface area (Å²) in [6.45, 7) is -0.0733. The predicted molar refractivity (Wildman–Crippen MR) is 139 cm³/mol. The van der Waals surface area contributed by atoms with Crippen LogP contribution in [0.25, 0.3) is 10.9 Å². The van der Waals surface area contributed by atoms with E-state index >= 15 is 0 Å². The fraction of sp³-hybridized carbons (Fsp3) is 0.250. The van der Waals surface area contributed by atoms with Crippen molar-refractivity contribution in [2.24, 2.45) is 5.10 Å². The molecule has 37 heavy (non-hydrogen) atoms. The van der Waals surface area contributed by atoms with Crippen LogP contribution in [-0.2, 0) is 6.61 Å². The van der Waals surface area contributed by atoms with Crippen molar-refractivity contribution in [2.45, 2.75) is 44.6 Å². The maximum atomic E-state index is 14.1. The van der Waals surface area contributed by atoms with E-state index in [-0.39, 0.29) is 29.5 Å². The number of fused-ring (bicyclic) bond motifs is 1. The van der Waals surface area contributed by atoms with Crippen LogP contribution in [-0.4, -0.2) is 20.8 Å². The van der Waals surface area contributed by atoms with E-state index in [1.807, 2.05) is 12.1 Å². The quantitative estimate of drug-likeness (QED) is 0.177. The summed E-state index contributed by atoms with van der Waals surface area (Å²) in [5.41, 5.74) is 0.792. The van der Waals surface area contributed by atoms with Crippen LogP contribution in [0.5, 0.6) is 5.75 Å². The van der Waals surface area contributed by atoms with Crippen LogP contribution >= 0.6 is 0 Å². The van der Waals surface area contributed by atoms with Crippen LogP contribution in [0.4, 0.5) is 10.1 Å². The molecule has 0 bridgehead atoms. The second-order valence-corrected chi connectivity index (χ2v) is 9.04. The summed E-state index contributed by atoms with van der Waals surface area (Å²) in [6, 6.07) is 17.4. The first-order valence-corrected chi connectivity index (χ1v) is 12.2. The summed E-state index contributed by atoms with van der Waals surface area (Å²) in [7, 11) is 0. The fourth-order valence-corrected chi connectivity index (χ4v) is 4.65. The fourth-order valence-electron chi connectivity index (χ4n) is 4.65. The number of para-hydroxylation sites is 1. The molecule has 0 radical (unpaired) electrons. The normalized spacial score (nSPS) is 14.3. The van der Waals surface area contributed by atoms with Crippen LogP contribution in [0.15, 0.2) is 76.6 Å². The lowest BCUT2D eigenvalue weighted by atomic mass is 9.88. The number of ether oxygens (including phenoxy) is 1. The molecule has 1 aromatic heterocycles. The summed E-state index contributed by atoms with van der Waals surface area (Å²) in [5.74, 6) is 0.535. The average Bonchev–Trinajstić information content (AvgIpc) is 2.92. The number of hydrogen-bond acceptors (Lipinski definition) is 6. The van der Waals surface area contributed by atoms with E-state index in [9.17, 15) is 19.3 Å². The Labute approximate surface area is 212 Å². The van der Waals surface area contributed by atoms with Gasteiger partial charge in [-0.05, 0) is 37.1 Å². The molecule has 1 heterocycles. The van der Waals surface area contributed by atoms with Gasteiger partial charge in [-0.15, -0.1) is 0 Å². The SMILES string of the molecule is O=c1c2ccccc2nc(C2CCCCC2)n1N=Cc1cc([N+](=O)[O-])ccc1OCc1ccccc1F. The molecule has 188 valence electrons. The molecule has 8 nitrogen and oxygen atoms in total. The Morgan fingerprint density at radius 1 is 1.08 bits per heavy atom. The van der Waals surface area contributed by atoms with Gasteiger partial charge in [0.15, 0.2) is 0 Å². The highest BCUT2D eigenvalue weighted by Gasteiger charge is 2.22. The van der Waals surface area contributed by atoms with Crippen molar-refractivity contribution in [1.82, 2.24) is 9.66 Å². The summed E-state index contributed by atoms with van der Waals surface area (Å²) in [4.78, 5) is 29.2. The van der Waals surface area contributed by atoms with Crippen molar-refractivity contribution in [3.63, 3.8) is 0 Å². The highest BCUT2D eigenvalue weighted by atomic mass is 19.1. The number of nitrogens with zero attached hydrogens (tertiary/aromatic N) is 4. The zero-order valence-corrected chi connectivity index (χ0v) is 20.0. The lowest BCUT2D eigenvalue weighted by molar-refractivity contribution is -0.384. The molecule has 1 aliphatic carbocycles. The van der Waals surface area contributed by atoms with Gasteiger partial charge in [-0.3, -0.25) is 14.9 Å². The van der Waals surface area contributed by atoms with Crippen LogP contribution in [0.2, 0.25) is 0 Å². The molecule has 4 aromatic rings. The second-order valence-electron chi connectivity index (χ2n) is 9.04. The molecule has 0 amide bonds. The lowest BCUT2D eigenvalue weighted by Crippen LogP contribution is -2.25. The van der Waals surface area contributed by atoms with Gasteiger partial charge in [-0.25, -0.2) is 9.37 Å². The third kappa shape index (κ3) is 5.25. The van der Waals surface area contributed by atoms with Gasteiger partial charge in [-0.1, -0.05) is 49.6 Å². The van der Waals surface area contributed by atoms with Crippen molar-refractivity contribution < 1.29 is 14.1 Å². The smallest absolute Gasteiger partial charge is 0.282 e. The van der Waals surface area contributed by atoms with Gasteiger partial charge >= 0.3 is 0 Å². The molecule has 0 unspecified atom stereocenters. The number of nitro benzene ring substituents is 1. The van der Waals surface area contributed by atoms with E-state index in [0.29, 0.717) is 27.9 Å². The highest BCUT2D eigenvalue weighted by Crippen LogP contribution is 2.32. The number of halogens is 1. The van der Waals surface area contributed by atoms with E-state index in [2.05, 4.69) is 5.10 Å². The first-order valence-electron chi connectivity index (χ1n) is 12.2. The number of aromatic nitrogens is 2. The Balaban J connectivity index is 1.56.